The van der Waals surface area contributed by atoms with Crippen LogP contribution in [0.4, 0.5) is 4.79 Å². The van der Waals surface area contributed by atoms with Crippen LogP contribution < -0.4 is 15.0 Å². The number of hydrogen-bond donors (Lipinski definition) is 1. The van der Waals surface area contributed by atoms with Crippen molar-refractivity contribution in [2.24, 2.45) is 5.92 Å². The third-order valence-electron chi connectivity index (χ3n) is 3.73. The Balaban J connectivity index is 1.59. The molecule has 7 heteroatoms. The fourth-order valence-electron chi connectivity index (χ4n) is 2.52. The third-order valence-corrected chi connectivity index (χ3v) is 3.73. The van der Waals surface area contributed by atoms with Crippen LogP contribution in [0, 0.1) is 5.92 Å². The Morgan fingerprint density at radius 2 is 2.05 bits per heavy atom. The monoisotopic (exact) mass is 292 g/mol. The molecule has 21 heavy (non-hydrogen) atoms. The van der Waals surface area contributed by atoms with Crippen molar-refractivity contribution in [3.63, 3.8) is 0 Å². The lowest BCUT2D eigenvalue weighted by Gasteiger charge is -2.31. The first-order chi connectivity index (χ1) is 10.2. The molecule has 0 radical (unpaired) electrons. The van der Waals surface area contributed by atoms with Gasteiger partial charge in [0.1, 0.15) is 17.6 Å². The quantitative estimate of drug-likeness (QED) is 0.878. The van der Waals surface area contributed by atoms with Gasteiger partial charge in [0.15, 0.2) is 0 Å². The average molecular weight is 292 g/mol. The summed E-state index contributed by atoms with van der Waals surface area (Å²) in [4.78, 5) is 30.3. The van der Waals surface area contributed by atoms with Crippen LogP contribution in [0.25, 0.3) is 0 Å². The number of hydrogen-bond acceptors (Lipinski definition) is 5. The first kappa shape index (κ1) is 13.7. The zero-order valence-corrected chi connectivity index (χ0v) is 11.6. The second-order valence-electron chi connectivity index (χ2n) is 5.01. The van der Waals surface area contributed by atoms with Gasteiger partial charge in [-0.05, 0) is 30.7 Å². The molecule has 7 nitrogen and oxygen atoms in total. The maximum Gasteiger partial charge on any atom is 0.415 e. The highest BCUT2D eigenvalue weighted by Gasteiger charge is 2.42. The number of ether oxygens (including phenoxy) is 2. The van der Waals surface area contributed by atoms with Crippen LogP contribution in [0.15, 0.2) is 24.3 Å². The van der Waals surface area contributed by atoms with Crippen molar-refractivity contribution in [2.75, 3.05) is 20.2 Å². The van der Waals surface area contributed by atoms with Crippen LogP contribution >= 0.6 is 0 Å². The highest BCUT2D eigenvalue weighted by atomic mass is 16.7. The van der Waals surface area contributed by atoms with E-state index >= 15 is 0 Å². The first-order valence-electron chi connectivity index (χ1n) is 6.73. The number of hydroxylamine groups is 1. The van der Waals surface area contributed by atoms with Crippen molar-refractivity contribution in [2.45, 2.75) is 12.5 Å². The molecule has 2 atom stereocenters. The molecular formula is C14H16N2O5. The molecule has 112 valence electrons. The Morgan fingerprint density at radius 3 is 2.76 bits per heavy atom. The summed E-state index contributed by atoms with van der Waals surface area (Å²) >= 11 is 0. The van der Waals surface area contributed by atoms with Gasteiger partial charge < -0.3 is 14.4 Å². The SMILES string of the molecule is COc1ccc(OC(=O)N2CCC3C(=O)NOC3C2)cc1. The van der Waals surface area contributed by atoms with Gasteiger partial charge in [-0.1, -0.05) is 0 Å². The fraction of sp³-hybridized carbons (Fsp3) is 0.429. The second-order valence-corrected chi connectivity index (χ2v) is 5.01. The Labute approximate surface area is 121 Å². The van der Waals surface area contributed by atoms with Gasteiger partial charge >= 0.3 is 6.09 Å². The molecule has 2 heterocycles. The first-order valence-corrected chi connectivity index (χ1v) is 6.73. The van der Waals surface area contributed by atoms with E-state index in [2.05, 4.69) is 5.48 Å². The van der Waals surface area contributed by atoms with Gasteiger partial charge in [0, 0.05) is 6.54 Å². The Hall–Kier alpha value is -2.28. The minimum atomic E-state index is -0.443. The van der Waals surface area contributed by atoms with Gasteiger partial charge in [0.2, 0.25) is 5.91 Å². The minimum absolute atomic E-state index is 0.108. The summed E-state index contributed by atoms with van der Waals surface area (Å²) in [6.07, 6.45) is -0.162. The van der Waals surface area contributed by atoms with Crippen molar-refractivity contribution in [3.8, 4) is 11.5 Å². The maximum absolute atomic E-state index is 12.1. The largest absolute Gasteiger partial charge is 0.497 e. The molecule has 2 fully saturated rings. The third kappa shape index (κ3) is 2.78. The van der Waals surface area contributed by atoms with E-state index in [9.17, 15) is 9.59 Å². The number of amides is 2. The molecule has 0 aromatic heterocycles. The van der Waals surface area contributed by atoms with Gasteiger partial charge in [0.25, 0.3) is 0 Å². The van der Waals surface area contributed by atoms with E-state index in [-0.39, 0.29) is 17.9 Å². The van der Waals surface area contributed by atoms with E-state index < -0.39 is 6.09 Å². The summed E-state index contributed by atoms with van der Waals surface area (Å²) in [6.45, 7) is 0.825. The van der Waals surface area contributed by atoms with Gasteiger partial charge in [-0.25, -0.2) is 10.3 Å². The topological polar surface area (TPSA) is 77.1 Å². The molecule has 2 amide bonds. The van der Waals surface area contributed by atoms with Crippen LogP contribution in [0.5, 0.6) is 11.5 Å². The highest BCUT2D eigenvalue weighted by molar-refractivity contribution is 5.80. The number of carbonyl (C=O) groups excluding carboxylic acids is 2. The van der Waals surface area contributed by atoms with Crippen molar-refractivity contribution >= 4 is 12.0 Å². The van der Waals surface area contributed by atoms with E-state index in [1.165, 1.54) is 0 Å². The number of rotatable bonds is 2. The van der Waals surface area contributed by atoms with Crippen molar-refractivity contribution in [1.82, 2.24) is 10.4 Å². The standard InChI is InChI=1S/C14H16N2O5/c1-19-9-2-4-10(5-3-9)20-14(18)16-7-6-11-12(8-16)21-15-13(11)17/h2-5,11-12H,6-8H2,1H3,(H,15,17). The number of benzene rings is 1. The number of fused-ring (bicyclic) bond motifs is 1. The number of carbonyl (C=O) groups is 2. The molecule has 3 rings (SSSR count). The maximum atomic E-state index is 12.1. The molecule has 2 aliphatic heterocycles. The number of methoxy groups -OCH3 is 1. The fourth-order valence-corrected chi connectivity index (χ4v) is 2.52. The van der Waals surface area contributed by atoms with Crippen LogP contribution in [-0.4, -0.2) is 43.2 Å². The van der Waals surface area contributed by atoms with E-state index in [0.717, 1.165) is 0 Å². The predicted molar refractivity (Wildman–Crippen MR) is 71.7 cm³/mol. The molecule has 2 aliphatic rings. The lowest BCUT2D eigenvalue weighted by atomic mass is 9.94. The van der Waals surface area contributed by atoms with Crippen LogP contribution in [0.1, 0.15) is 6.42 Å². The molecule has 1 N–H and O–H groups in total. The molecule has 0 bridgehead atoms. The highest BCUT2D eigenvalue weighted by Crippen LogP contribution is 2.25. The normalized spacial score (nSPS) is 24.2. The minimum Gasteiger partial charge on any atom is -0.497 e. The summed E-state index contributed by atoms with van der Waals surface area (Å²) in [5, 5.41) is 0. The molecular weight excluding hydrogens is 276 g/mol. The number of piperidine rings is 1. The van der Waals surface area contributed by atoms with Gasteiger partial charge in [0.05, 0.1) is 19.6 Å². The predicted octanol–water partition coefficient (Wildman–Crippen LogP) is 0.946. The molecule has 0 spiro atoms. The number of likely N-dealkylation sites (tertiary alicyclic amines) is 1. The summed E-state index contributed by atoms with van der Waals surface area (Å²) in [7, 11) is 1.57. The summed E-state index contributed by atoms with van der Waals surface area (Å²) < 4.78 is 10.3. The van der Waals surface area contributed by atoms with Crippen molar-refractivity contribution in [3.05, 3.63) is 24.3 Å². The van der Waals surface area contributed by atoms with Crippen molar-refractivity contribution in [1.29, 1.82) is 0 Å². The molecule has 1 aromatic rings. The summed E-state index contributed by atoms with van der Waals surface area (Å²) in [6, 6.07) is 6.77. The van der Waals surface area contributed by atoms with Crippen molar-refractivity contribution < 1.29 is 23.9 Å². The lowest BCUT2D eigenvalue weighted by Crippen LogP contribution is -2.47. The van der Waals surface area contributed by atoms with Gasteiger partial charge in [-0.15, -0.1) is 0 Å². The van der Waals surface area contributed by atoms with E-state index in [0.29, 0.717) is 31.0 Å². The Morgan fingerprint density at radius 1 is 1.33 bits per heavy atom. The zero-order chi connectivity index (χ0) is 14.8. The Bertz CT molecular complexity index is 545. The average Bonchev–Trinajstić information content (AvgIpc) is 2.89. The van der Waals surface area contributed by atoms with E-state index in [1.54, 1.807) is 36.3 Å². The van der Waals surface area contributed by atoms with E-state index in [1.807, 2.05) is 0 Å². The smallest absolute Gasteiger partial charge is 0.415 e. The summed E-state index contributed by atoms with van der Waals surface area (Å²) in [5.41, 5.74) is 2.35. The van der Waals surface area contributed by atoms with E-state index in [4.69, 9.17) is 14.3 Å². The van der Waals surface area contributed by atoms with Crippen LogP contribution in [0.3, 0.4) is 0 Å². The molecule has 2 unspecified atom stereocenters. The molecule has 0 aliphatic carbocycles. The number of nitrogens with one attached hydrogen (secondary N) is 1. The zero-order valence-electron chi connectivity index (χ0n) is 11.6. The Kier molecular flexibility index (Phi) is 3.66. The molecule has 0 saturated carbocycles. The number of nitrogens with zero attached hydrogens (tertiary/aromatic N) is 1. The van der Waals surface area contributed by atoms with Crippen LogP contribution in [-0.2, 0) is 9.63 Å². The van der Waals surface area contributed by atoms with Gasteiger partial charge in [-0.3, -0.25) is 9.63 Å². The second kappa shape index (κ2) is 5.61. The lowest BCUT2D eigenvalue weighted by molar-refractivity contribution is -0.126. The van der Waals surface area contributed by atoms with Gasteiger partial charge in [-0.2, -0.15) is 0 Å². The molecule has 2 saturated heterocycles. The molecule has 1 aromatic carbocycles. The van der Waals surface area contributed by atoms with Crippen LogP contribution in [0.2, 0.25) is 0 Å². The summed E-state index contributed by atoms with van der Waals surface area (Å²) in [5.74, 6) is 0.863.